The highest BCUT2D eigenvalue weighted by molar-refractivity contribution is 5.99. The van der Waals surface area contributed by atoms with Crippen molar-refractivity contribution in [2.75, 3.05) is 6.61 Å². The number of benzene rings is 1. The van der Waals surface area contributed by atoms with Gasteiger partial charge in [-0.15, -0.1) is 0 Å². The summed E-state index contributed by atoms with van der Waals surface area (Å²) >= 11 is 0. The summed E-state index contributed by atoms with van der Waals surface area (Å²) in [6.45, 7) is 6.67. The molecule has 3 atom stereocenters. The fraction of sp³-hybridized carbons (Fsp3) is 0.565. The van der Waals surface area contributed by atoms with Crippen molar-refractivity contribution in [3.05, 3.63) is 30.2 Å². The Morgan fingerprint density at radius 1 is 1.16 bits per heavy atom. The lowest BCUT2D eigenvalue weighted by Gasteiger charge is -2.47. The molecule has 1 aliphatic carbocycles. The van der Waals surface area contributed by atoms with E-state index in [1.165, 1.54) is 4.90 Å². The van der Waals surface area contributed by atoms with Crippen LogP contribution in [0.1, 0.15) is 58.8 Å². The lowest BCUT2D eigenvalue weighted by Crippen LogP contribution is -2.63. The van der Waals surface area contributed by atoms with Gasteiger partial charge in [-0.05, 0) is 57.4 Å². The minimum atomic E-state index is -0.247. The zero-order valence-electron chi connectivity index (χ0n) is 18.4. The van der Waals surface area contributed by atoms with E-state index >= 15 is 0 Å². The normalized spacial score (nSPS) is 22.4. The van der Waals surface area contributed by atoms with Crippen molar-refractivity contribution in [3.63, 3.8) is 0 Å². The molecule has 2 fully saturated rings. The van der Waals surface area contributed by atoms with Crippen LogP contribution in [0.3, 0.4) is 0 Å². The Morgan fingerprint density at radius 2 is 1.90 bits per heavy atom. The molecule has 31 heavy (non-hydrogen) atoms. The molecule has 1 aromatic heterocycles. The lowest BCUT2D eigenvalue weighted by molar-refractivity contribution is -0.143. The van der Waals surface area contributed by atoms with Gasteiger partial charge >= 0.3 is 6.03 Å². The topological polar surface area (TPSA) is 88.8 Å². The Morgan fingerprint density at radius 3 is 2.61 bits per heavy atom. The van der Waals surface area contributed by atoms with Gasteiger partial charge in [0.25, 0.3) is 0 Å². The minimum Gasteiger partial charge on any atom is -0.494 e. The smallest absolute Gasteiger partial charge is 0.327 e. The van der Waals surface area contributed by atoms with Crippen LogP contribution in [-0.4, -0.2) is 50.6 Å². The van der Waals surface area contributed by atoms with Crippen molar-refractivity contribution >= 4 is 11.9 Å². The first-order valence-electron chi connectivity index (χ1n) is 11.2. The fourth-order valence-corrected chi connectivity index (χ4v) is 4.55. The highest BCUT2D eigenvalue weighted by atomic mass is 16.5. The summed E-state index contributed by atoms with van der Waals surface area (Å²) in [5, 5.41) is 4.10. The van der Waals surface area contributed by atoms with Gasteiger partial charge in [0.1, 0.15) is 12.3 Å². The Kier molecular flexibility index (Phi) is 6.25. The quantitative estimate of drug-likeness (QED) is 0.657. The first-order chi connectivity index (χ1) is 15.0. The number of hydrogen-bond donors (Lipinski definition) is 0. The van der Waals surface area contributed by atoms with E-state index in [1.54, 1.807) is 4.90 Å². The summed E-state index contributed by atoms with van der Waals surface area (Å²) in [7, 11) is 0. The average molecular weight is 427 g/mol. The number of rotatable bonds is 7. The summed E-state index contributed by atoms with van der Waals surface area (Å²) < 4.78 is 11.0. The van der Waals surface area contributed by atoms with Crippen molar-refractivity contribution in [2.45, 2.75) is 71.5 Å². The lowest BCUT2D eigenvalue weighted by atomic mass is 9.80. The number of amides is 3. The van der Waals surface area contributed by atoms with E-state index in [9.17, 15) is 9.59 Å². The number of nitrogens with zero attached hydrogens (tertiary/aromatic N) is 4. The van der Waals surface area contributed by atoms with Gasteiger partial charge in [-0.3, -0.25) is 9.69 Å². The van der Waals surface area contributed by atoms with Crippen LogP contribution in [0.25, 0.3) is 11.4 Å². The number of carbonyl (C=O) groups excluding carboxylic acids is 2. The maximum Gasteiger partial charge on any atom is 0.327 e. The van der Waals surface area contributed by atoms with Gasteiger partial charge < -0.3 is 14.2 Å². The second kappa shape index (κ2) is 9.08. The standard InChI is InChI=1S/C23H30N4O4/c1-4-15(3)27-22(28)18-8-6-7-9-19(18)26(23(27)29)14-20-24-21(25-31-20)16-10-12-17(13-11-16)30-5-2/h10-13,15,18-19H,4-9,14H2,1-3H3. The summed E-state index contributed by atoms with van der Waals surface area (Å²) in [6, 6.07) is 7.01. The molecular formula is C23H30N4O4. The Labute approximate surface area is 182 Å². The van der Waals surface area contributed by atoms with E-state index in [0.717, 1.165) is 43.4 Å². The monoisotopic (exact) mass is 426 g/mol. The molecule has 4 rings (SSSR count). The number of hydrogen-bond acceptors (Lipinski definition) is 6. The molecule has 2 aliphatic rings. The molecular weight excluding hydrogens is 396 g/mol. The first kappa shape index (κ1) is 21.3. The van der Waals surface area contributed by atoms with Crippen molar-refractivity contribution in [1.29, 1.82) is 0 Å². The Balaban J connectivity index is 1.55. The van der Waals surface area contributed by atoms with Crippen LogP contribution >= 0.6 is 0 Å². The number of aromatic nitrogens is 2. The van der Waals surface area contributed by atoms with Gasteiger partial charge in [0.15, 0.2) is 0 Å². The molecule has 0 bridgehead atoms. The van der Waals surface area contributed by atoms with Crippen molar-refractivity contribution in [3.8, 4) is 17.1 Å². The second-order valence-electron chi connectivity index (χ2n) is 8.30. The number of ether oxygens (including phenoxy) is 1. The summed E-state index contributed by atoms with van der Waals surface area (Å²) in [4.78, 5) is 34.1. The molecule has 1 aliphatic heterocycles. The van der Waals surface area contributed by atoms with E-state index in [2.05, 4.69) is 10.1 Å². The van der Waals surface area contributed by atoms with E-state index < -0.39 is 0 Å². The number of fused-ring (bicyclic) bond motifs is 1. The third-order valence-electron chi connectivity index (χ3n) is 6.37. The summed E-state index contributed by atoms with van der Waals surface area (Å²) in [5.41, 5.74) is 0.815. The number of carbonyl (C=O) groups is 2. The zero-order chi connectivity index (χ0) is 22.0. The van der Waals surface area contributed by atoms with Crippen LogP contribution in [0.15, 0.2) is 28.8 Å². The van der Waals surface area contributed by atoms with Crippen LogP contribution in [0.2, 0.25) is 0 Å². The number of imide groups is 1. The van der Waals surface area contributed by atoms with Gasteiger partial charge in [-0.2, -0.15) is 4.98 Å². The van der Waals surface area contributed by atoms with Crippen LogP contribution in [0.5, 0.6) is 5.75 Å². The second-order valence-corrected chi connectivity index (χ2v) is 8.30. The van der Waals surface area contributed by atoms with Gasteiger partial charge in [0, 0.05) is 17.6 Å². The van der Waals surface area contributed by atoms with E-state index in [4.69, 9.17) is 9.26 Å². The van der Waals surface area contributed by atoms with E-state index in [1.807, 2.05) is 45.0 Å². The largest absolute Gasteiger partial charge is 0.494 e. The molecule has 3 amide bonds. The first-order valence-corrected chi connectivity index (χ1v) is 11.2. The Hall–Kier alpha value is -2.90. The third-order valence-corrected chi connectivity index (χ3v) is 6.37. The number of urea groups is 1. The minimum absolute atomic E-state index is 0.0269. The maximum absolute atomic E-state index is 13.3. The maximum atomic E-state index is 13.3. The van der Waals surface area contributed by atoms with Crippen molar-refractivity contribution < 1.29 is 18.8 Å². The van der Waals surface area contributed by atoms with Gasteiger partial charge in [-0.25, -0.2) is 4.79 Å². The van der Waals surface area contributed by atoms with Crippen molar-refractivity contribution in [1.82, 2.24) is 19.9 Å². The molecule has 0 radical (unpaired) electrons. The molecule has 0 N–H and O–H groups in total. The molecule has 0 spiro atoms. The summed E-state index contributed by atoms with van der Waals surface area (Å²) in [6.07, 6.45) is 4.41. The highest BCUT2D eigenvalue weighted by Crippen LogP contribution is 2.36. The molecule has 1 aromatic carbocycles. The van der Waals surface area contributed by atoms with E-state index in [0.29, 0.717) is 18.3 Å². The highest BCUT2D eigenvalue weighted by Gasteiger charge is 2.48. The van der Waals surface area contributed by atoms with Crippen LogP contribution < -0.4 is 4.74 Å². The summed E-state index contributed by atoms with van der Waals surface area (Å²) in [5.74, 6) is 1.46. The Bertz CT molecular complexity index is 926. The van der Waals surface area contributed by atoms with Crippen molar-refractivity contribution in [2.24, 2.45) is 5.92 Å². The average Bonchev–Trinajstić information content (AvgIpc) is 3.26. The predicted molar refractivity (Wildman–Crippen MR) is 114 cm³/mol. The molecule has 8 nitrogen and oxygen atoms in total. The molecule has 3 unspecified atom stereocenters. The SMILES string of the molecule is CCOc1ccc(-c2noc(CN3C(=O)N(C(C)CC)C(=O)C4CCCCC43)n2)cc1. The molecule has 8 heteroatoms. The third kappa shape index (κ3) is 4.16. The zero-order valence-corrected chi connectivity index (χ0v) is 18.4. The molecule has 2 heterocycles. The van der Waals surface area contributed by atoms with Crippen LogP contribution in [0.4, 0.5) is 4.79 Å². The van der Waals surface area contributed by atoms with Gasteiger partial charge in [-0.1, -0.05) is 24.9 Å². The molecule has 166 valence electrons. The van der Waals surface area contributed by atoms with Gasteiger partial charge in [0.2, 0.25) is 17.6 Å². The van der Waals surface area contributed by atoms with Crippen LogP contribution in [0, 0.1) is 5.92 Å². The van der Waals surface area contributed by atoms with E-state index in [-0.39, 0.29) is 36.5 Å². The molecule has 2 aromatic rings. The van der Waals surface area contributed by atoms with Crippen LogP contribution in [-0.2, 0) is 11.3 Å². The fourth-order valence-electron chi connectivity index (χ4n) is 4.55. The molecule has 1 saturated heterocycles. The molecule has 1 saturated carbocycles. The van der Waals surface area contributed by atoms with Gasteiger partial charge in [0.05, 0.1) is 12.5 Å². The predicted octanol–water partition coefficient (Wildman–Crippen LogP) is 4.26.